The lowest BCUT2D eigenvalue weighted by Crippen LogP contribution is -2.35. The SMILES string of the molecule is CCc1cc(C#Cc2ccc3c(c2)C(c2ccc(O[Si](C)(C)CC(C)C)cc2)=CCC3(C)C)ccc1C(=O)O. The van der Waals surface area contributed by atoms with E-state index in [1.54, 1.807) is 12.1 Å². The van der Waals surface area contributed by atoms with Gasteiger partial charge in [-0.15, -0.1) is 0 Å². The van der Waals surface area contributed by atoms with Crippen LogP contribution >= 0.6 is 0 Å². The molecule has 1 aliphatic rings. The first-order valence-corrected chi connectivity index (χ1v) is 17.0. The molecule has 0 aromatic heterocycles. The second-order valence-corrected chi connectivity index (χ2v) is 16.4. The fourth-order valence-electron chi connectivity index (χ4n) is 5.65. The molecule has 39 heavy (non-hydrogen) atoms. The van der Waals surface area contributed by atoms with Crippen molar-refractivity contribution in [3.8, 4) is 17.6 Å². The molecule has 0 unspecified atom stereocenters. The number of carboxylic acids is 1. The van der Waals surface area contributed by atoms with Crippen LogP contribution in [0, 0.1) is 17.8 Å². The number of hydrogen-bond donors (Lipinski definition) is 1. The highest BCUT2D eigenvalue weighted by molar-refractivity contribution is 6.71. The molecule has 0 spiro atoms. The van der Waals surface area contributed by atoms with Crippen molar-refractivity contribution >= 4 is 19.9 Å². The van der Waals surface area contributed by atoms with Crippen LogP contribution in [-0.2, 0) is 11.8 Å². The zero-order valence-electron chi connectivity index (χ0n) is 24.3. The number of rotatable bonds is 7. The fraction of sp³-hybridized carbons (Fsp3) is 0.343. The normalized spacial score (nSPS) is 14.2. The van der Waals surface area contributed by atoms with Crippen LogP contribution in [0.4, 0.5) is 0 Å². The van der Waals surface area contributed by atoms with E-state index in [1.165, 1.54) is 22.3 Å². The van der Waals surface area contributed by atoms with Gasteiger partial charge in [-0.1, -0.05) is 70.7 Å². The topological polar surface area (TPSA) is 46.5 Å². The highest BCUT2D eigenvalue weighted by atomic mass is 28.4. The minimum absolute atomic E-state index is 0.0446. The van der Waals surface area contributed by atoms with Crippen molar-refractivity contribution in [3.05, 3.63) is 106 Å². The van der Waals surface area contributed by atoms with Gasteiger partial charge in [-0.05, 0) is 114 Å². The van der Waals surface area contributed by atoms with Gasteiger partial charge in [-0.25, -0.2) is 4.79 Å². The van der Waals surface area contributed by atoms with Gasteiger partial charge >= 0.3 is 5.97 Å². The highest BCUT2D eigenvalue weighted by Gasteiger charge is 2.29. The van der Waals surface area contributed by atoms with E-state index in [4.69, 9.17) is 4.43 Å². The Morgan fingerprint density at radius 2 is 1.64 bits per heavy atom. The Hall–Kier alpha value is -3.55. The van der Waals surface area contributed by atoms with E-state index in [1.807, 2.05) is 13.0 Å². The van der Waals surface area contributed by atoms with Crippen LogP contribution in [0.25, 0.3) is 5.57 Å². The van der Waals surface area contributed by atoms with E-state index in [0.717, 1.165) is 34.9 Å². The second-order valence-electron chi connectivity index (χ2n) is 12.2. The highest BCUT2D eigenvalue weighted by Crippen LogP contribution is 2.42. The molecule has 0 aliphatic heterocycles. The average molecular weight is 537 g/mol. The van der Waals surface area contributed by atoms with Crippen LogP contribution in [0.1, 0.15) is 84.8 Å². The molecule has 0 bridgehead atoms. The molecule has 4 heteroatoms. The molecule has 0 radical (unpaired) electrons. The van der Waals surface area contributed by atoms with E-state index in [2.05, 4.69) is 101 Å². The Labute approximate surface area is 235 Å². The van der Waals surface area contributed by atoms with E-state index >= 15 is 0 Å². The number of aromatic carboxylic acids is 1. The first-order valence-electron chi connectivity index (χ1n) is 13.9. The predicted molar refractivity (Wildman–Crippen MR) is 164 cm³/mol. The third kappa shape index (κ3) is 6.72. The van der Waals surface area contributed by atoms with Gasteiger partial charge in [0.15, 0.2) is 0 Å². The van der Waals surface area contributed by atoms with Crippen LogP contribution in [0.2, 0.25) is 19.1 Å². The van der Waals surface area contributed by atoms with Crippen LogP contribution < -0.4 is 4.43 Å². The minimum atomic E-state index is -1.76. The zero-order valence-corrected chi connectivity index (χ0v) is 25.3. The van der Waals surface area contributed by atoms with Crippen LogP contribution in [0.15, 0.2) is 66.7 Å². The van der Waals surface area contributed by atoms with Crippen molar-refractivity contribution in [1.29, 1.82) is 0 Å². The summed E-state index contributed by atoms with van der Waals surface area (Å²) < 4.78 is 6.46. The van der Waals surface area contributed by atoms with Gasteiger partial charge in [0.05, 0.1) is 5.56 Å². The molecule has 0 amide bonds. The maximum Gasteiger partial charge on any atom is 0.335 e. The first-order chi connectivity index (χ1) is 18.4. The molecular formula is C35H40O3Si. The molecule has 1 N–H and O–H groups in total. The van der Waals surface area contributed by atoms with Crippen LogP contribution in [-0.4, -0.2) is 19.4 Å². The Morgan fingerprint density at radius 3 is 2.26 bits per heavy atom. The fourth-order valence-corrected chi connectivity index (χ4v) is 8.47. The molecule has 3 nitrogen and oxygen atoms in total. The van der Waals surface area contributed by atoms with E-state index in [-0.39, 0.29) is 5.41 Å². The molecule has 0 fully saturated rings. The van der Waals surface area contributed by atoms with E-state index in [0.29, 0.717) is 17.9 Å². The quantitative estimate of drug-likeness (QED) is 0.243. The molecule has 0 atom stereocenters. The molecular weight excluding hydrogens is 496 g/mol. The number of carbonyl (C=O) groups is 1. The average Bonchev–Trinajstić information content (AvgIpc) is 2.86. The van der Waals surface area contributed by atoms with Crippen molar-refractivity contribution in [3.63, 3.8) is 0 Å². The lowest BCUT2D eigenvalue weighted by molar-refractivity contribution is 0.0695. The Kier molecular flexibility index (Phi) is 8.23. The van der Waals surface area contributed by atoms with E-state index < -0.39 is 14.3 Å². The third-order valence-electron chi connectivity index (χ3n) is 7.38. The summed E-state index contributed by atoms with van der Waals surface area (Å²) in [6, 6.07) is 21.6. The van der Waals surface area contributed by atoms with Crippen LogP contribution in [0.5, 0.6) is 5.75 Å². The number of carboxylic acid groups (broad SMARTS) is 1. The van der Waals surface area contributed by atoms with Crippen molar-refractivity contribution in [1.82, 2.24) is 0 Å². The lowest BCUT2D eigenvalue weighted by atomic mass is 9.72. The zero-order chi connectivity index (χ0) is 28.4. The first kappa shape index (κ1) is 28.5. The third-order valence-corrected chi connectivity index (χ3v) is 9.97. The van der Waals surface area contributed by atoms with Crippen molar-refractivity contribution in [2.75, 3.05) is 0 Å². The summed E-state index contributed by atoms with van der Waals surface area (Å²) in [5, 5.41) is 9.42. The molecule has 0 heterocycles. The molecule has 4 rings (SSSR count). The maximum atomic E-state index is 11.5. The summed E-state index contributed by atoms with van der Waals surface area (Å²) in [5.74, 6) is 7.26. The summed E-state index contributed by atoms with van der Waals surface area (Å²) in [6.45, 7) is 15.6. The van der Waals surface area contributed by atoms with Gasteiger partial charge in [-0.2, -0.15) is 0 Å². The molecule has 202 valence electrons. The number of hydrogen-bond acceptors (Lipinski definition) is 2. The monoisotopic (exact) mass is 536 g/mol. The summed E-state index contributed by atoms with van der Waals surface area (Å²) in [4.78, 5) is 11.5. The van der Waals surface area contributed by atoms with Crippen molar-refractivity contribution in [2.24, 2.45) is 5.92 Å². The molecule has 1 aliphatic carbocycles. The summed E-state index contributed by atoms with van der Waals surface area (Å²) in [7, 11) is -1.76. The van der Waals surface area contributed by atoms with Gasteiger partial charge in [0.25, 0.3) is 0 Å². The van der Waals surface area contributed by atoms with Gasteiger partial charge in [0, 0.05) is 11.1 Å². The Bertz CT molecular complexity index is 1460. The smallest absolute Gasteiger partial charge is 0.335 e. The minimum Gasteiger partial charge on any atom is -0.544 e. The van der Waals surface area contributed by atoms with E-state index in [9.17, 15) is 9.90 Å². The lowest BCUT2D eigenvalue weighted by Gasteiger charge is -2.32. The molecule has 3 aromatic rings. The van der Waals surface area contributed by atoms with Gasteiger partial charge in [-0.3, -0.25) is 0 Å². The number of benzene rings is 3. The Balaban J connectivity index is 1.65. The number of fused-ring (bicyclic) bond motifs is 1. The predicted octanol–water partition coefficient (Wildman–Crippen LogP) is 8.70. The largest absolute Gasteiger partial charge is 0.544 e. The van der Waals surface area contributed by atoms with Crippen LogP contribution in [0.3, 0.4) is 0 Å². The second kappa shape index (κ2) is 11.3. The van der Waals surface area contributed by atoms with Gasteiger partial charge in [0.1, 0.15) is 5.75 Å². The van der Waals surface area contributed by atoms with Gasteiger partial charge < -0.3 is 9.53 Å². The summed E-state index contributed by atoms with van der Waals surface area (Å²) >= 11 is 0. The van der Waals surface area contributed by atoms with Crippen molar-refractivity contribution in [2.45, 2.75) is 72.0 Å². The molecule has 3 aromatic carbocycles. The standard InChI is InChI=1S/C35H40O3Si/c1-8-27-21-25(11-17-31(27)34(36)37)9-10-26-12-18-33-32(22-26)30(19-20-35(33,4)5)28-13-15-29(16-14-28)38-39(6,7)23-24(2)3/h11-19,21-22,24H,8,20,23H2,1-7H3,(H,36,37). The summed E-state index contributed by atoms with van der Waals surface area (Å²) in [6.07, 6.45) is 3.98. The van der Waals surface area contributed by atoms with Crippen molar-refractivity contribution < 1.29 is 14.3 Å². The molecule has 0 saturated carbocycles. The summed E-state index contributed by atoms with van der Waals surface area (Å²) in [5.41, 5.74) is 7.92. The number of aryl methyl sites for hydroxylation is 1. The Morgan fingerprint density at radius 1 is 1.00 bits per heavy atom. The maximum absolute atomic E-state index is 11.5. The molecule has 0 saturated heterocycles. The number of allylic oxidation sites excluding steroid dienone is 1. The van der Waals surface area contributed by atoms with Gasteiger partial charge in [0.2, 0.25) is 8.32 Å².